The predicted molar refractivity (Wildman–Crippen MR) is 76.1 cm³/mol. The maximum Gasteiger partial charge on any atom is 0.161 e. The van der Waals surface area contributed by atoms with E-state index in [0.717, 1.165) is 24.5 Å². The first-order valence-electron chi connectivity index (χ1n) is 6.41. The van der Waals surface area contributed by atoms with Crippen molar-refractivity contribution in [1.82, 2.24) is 5.32 Å². The Morgan fingerprint density at radius 2 is 1.94 bits per heavy atom. The Hall–Kier alpha value is -0.930. The van der Waals surface area contributed by atoms with Gasteiger partial charge in [-0.15, -0.1) is 12.4 Å². The molecule has 0 radical (unpaired) electrons. The number of hydrogen-bond acceptors (Lipinski definition) is 3. The van der Waals surface area contributed by atoms with Gasteiger partial charge in [-0.25, -0.2) is 0 Å². The largest absolute Gasteiger partial charge is 0.486 e. The molecular formula is C14H22ClNO2. The summed E-state index contributed by atoms with van der Waals surface area (Å²) in [7, 11) is 0. The van der Waals surface area contributed by atoms with Gasteiger partial charge in [-0.3, -0.25) is 0 Å². The van der Waals surface area contributed by atoms with Crippen molar-refractivity contribution in [3.8, 4) is 11.5 Å². The molecule has 0 aromatic heterocycles. The van der Waals surface area contributed by atoms with E-state index in [4.69, 9.17) is 9.47 Å². The molecule has 1 aromatic rings. The molecule has 1 atom stereocenters. The summed E-state index contributed by atoms with van der Waals surface area (Å²) in [6, 6.07) is 6.73. The fraction of sp³-hybridized carbons (Fsp3) is 0.571. The fourth-order valence-corrected chi connectivity index (χ4v) is 2.03. The minimum Gasteiger partial charge on any atom is -0.486 e. The van der Waals surface area contributed by atoms with Gasteiger partial charge >= 0.3 is 0 Å². The predicted octanol–water partition coefficient (Wildman–Crippen LogP) is 2.81. The number of nitrogens with one attached hydrogen (secondary N) is 1. The maximum absolute atomic E-state index is 5.58. The molecule has 0 aliphatic carbocycles. The Morgan fingerprint density at radius 3 is 2.67 bits per heavy atom. The normalized spacial score (nSPS) is 14.8. The molecule has 0 saturated carbocycles. The van der Waals surface area contributed by atoms with Crippen molar-refractivity contribution in [1.29, 1.82) is 0 Å². The van der Waals surface area contributed by atoms with Gasteiger partial charge in [-0.05, 0) is 44.0 Å². The van der Waals surface area contributed by atoms with Crippen molar-refractivity contribution in [3.63, 3.8) is 0 Å². The van der Waals surface area contributed by atoms with Gasteiger partial charge in [0.2, 0.25) is 0 Å². The summed E-state index contributed by atoms with van der Waals surface area (Å²) in [5, 5.41) is 3.49. The van der Waals surface area contributed by atoms with Crippen molar-refractivity contribution in [2.75, 3.05) is 19.8 Å². The molecule has 0 fully saturated rings. The summed E-state index contributed by atoms with van der Waals surface area (Å²) >= 11 is 0. The van der Waals surface area contributed by atoms with Gasteiger partial charge in [0, 0.05) is 6.04 Å². The van der Waals surface area contributed by atoms with E-state index in [2.05, 4.69) is 31.3 Å². The third kappa shape index (κ3) is 4.07. The van der Waals surface area contributed by atoms with Crippen LogP contribution in [-0.2, 0) is 6.42 Å². The molecule has 0 bridgehead atoms. The zero-order valence-corrected chi connectivity index (χ0v) is 11.9. The zero-order chi connectivity index (χ0) is 12.1. The van der Waals surface area contributed by atoms with Crippen LogP contribution in [0.1, 0.15) is 25.8 Å². The average Bonchev–Trinajstić information content (AvgIpc) is 2.36. The minimum absolute atomic E-state index is 0. The van der Waals surface area contributed by atoms with Gasteiger partial charge < -0.3 is 14.8 Å². The molecular weight excluding hydrogens is 250 g/mol. The molecule has 2 rings (SSSR count). The Balaban J connectivity index is 0.00000162. The van der Waals surface area contributed by atoms with Crippen LogP contribution < -0.4 is 14.8 Å². The van der Waals surface area contributed by atoms with Crippen LogP contribution in [0.5, 0.6) is 11.5 Å². The maximum atomic E-state index is 5.58. The van der Waals surface area contributed by atoms with E-state index in [1.165, 1.54) is 12.0 Å². The molecule has 4 heteroatoms. The van der Waals surface area contributed by atoms with Crippen molar-refractivity contribution in [2.45, 2.75) is 32.7 Å². The second-order valence-electron chi connectivity index (χ2n) is 4.54. The number of hydrogen-bond donors (Lipinski definition) is 1. The topological polar surface area (TPSA) is 30.5 Å². The summed E-state index contributed by atoms with van der Waals surface area (Å²) in [6.45, 7) is 6.78. The highest BCUT2D eigenvalue weighted by atomic mass is 35.5. The van der Waals surface area contributed by atoms with Gasteiger partial charge in [-0.2, -0.15) is 0 Å². The molecule has 1 aromatic carbocycles. The van der Waals surface area contributed by atoms with E-state index in [9.17, 15) is 0 Å². The van der Waals surface area contributed by atoms with E-state index in [-0.39, 0.29) is 12.4 Å². The highest BCUT2D eigenvalue weighted by molar-refractivity contribution is 5.85. The standard InChI is InChI=1S/C14H21NO2.ClH/c1-3-6-15-11(2)9-12-4-5-13-14(10-12)17-8-7-16-13;/h4-5,10-11,15H,3,6-9H2,1-2H3;1H. The summed E-state index contributed by atoms with van der Waals surface area (Å²) in [5.41, 5.74) is 1.30. The van der Waals surface area contributed by atoms with E-state index in [0.29, 0.717) is 19.3 Å². The van der Waals surface area contributed by atoms with Gasteiger partial charge in [0.15, 0.2) is 11.5 Å². The molecule has 3 nitrogen and oxygen atoms in total. The van der Waals surface area contributed by atoms with E-state index >= 15 is 0 Å². The first kappa shape index (κ1) is 15.1. The van der Waals surface area contributed by atoms with Crippen LogP contribution in [0.3, 0.4) is 0 Å². The molecule has 1 aliphatic rings. The Kier molecular flexibility index (Phi) is 6.30. The van der Waals surface area contributed by atoms with Gasteiger partial charge in [-0.1, -0.05) is 13.0 Å². The monoisotopic (exact) mass is 271 g/mol. The van der Waals surface area contributed by atoms with Crippen LogP contribution in [0.2, 0.25) is 0 Å². The molecule has 1 unspecified atom stereocenters. The molecule has 0 amide bonds. The van der Waals surface area contributed by atoms with Crippen molar-refractivity contribution >= 4 is 12.4 Å². The molecule has 1 heterocycles. The first-order valence-corrected chi connectivity index (χ1v) is 6.41. The van der Waals surface area contributed by atoms with E-state index < -0.39 is 0 Å². The first-order chi connectivity index (χ1) is 8.29. The van der Waals surface area contributed by atoms with Crippen LogP contribution in [0.15, 0.2) is 18.2 Å². The van der Waals surface area contributed by atoms with Crippen LogP contribution in [0.25, 0.3) is 0 Å². The molecule has 18 heavy (non-hydrogen) atoms. The molecule has 1 N–H and O–H groups in total. The second kappa shape index (κ2) is 7.49. The number of halogens is 1. The lowest BCUT2D eigenvalue weighted by atomic mass is 10.1. The Bertz CT molecular complexity index is 371. The summed E-state index contributed by atoms with van der Waals surface area (Å²) in [5.74, 6) is 1.76. The second-order valence-corrected chi connectivity index (χ2v) is 4.54. The van der Waals surface area contributed by atoms with Gasteiger partial charge in [0.1, 0.15) is 13.2 Å². The van der Waals surface area contributed by atoms with Crippen molar-refractivity contribution in [3.05, 3.63) is 23.8 Å². The number of benzene rings is 1. The lowest BCUT2D eigenvalue weighted by Gasteiger charge is -2.20. The molecule has 102 valence electrons. The quantitative estimate of drug-likeness (QED) is 0.893. The van der Waals surface area contributed by atoms with Gasteiger partial charge in [0.25, 0.3) is 0 Å². The lowest BCUT2D eigenvalue weighted by molar-refractivity contribution is 0.171. The van der Waals surface area contributed by atoms with Crippen molar-refractivity contribution < 1.29 is 9.47 Å². The summed E-state index contributed by atoms with van der Waals surface area (Å²) < 4.78 is 11.1. The summed E-state index contributed by atoms with van der Waals surface area (Å²) in [6.07, 6.45) is 2.20. The molecule has 0 spiro atoms. The SMILES string of the molecule is CCCNC(C)Cc1ccc2c(c1)OCCO2.Cl. The third-order valence-corrected chi connectivity index (χ3v) is 2.89. The number of ether oxygens (including phenoxy) is 2. The van der Waals surface area contributed by atoms with Crippen LogP contribution in [0, 0.1) is 0 Å². The Labute approximate surface area is 115 Å². The Morgan fingerprint density at radius 1 is 1.22 bits per heavy atom. The fourth-order valence-electron chi connectivity index (χ4n) is 2.03. The van der Waals surface area contributed by atoms with E-state index in [1.54, 1.807) is 0 Å². The van der Waals surface area contributed by atoms with Gasteiger partial charge in [0.05, 0.1) is 0 Å². The number of rotatable bonds is 5. The average molecular weight is 272 g/mol. The highest BCUT2D eigenvalue weighted by Crippen LogP contribution is 2.30. The van der Waals surface area contributed by atoms with Crippen LogP contribution >= 0.6 is 12.4 Å². The minimum atomic E-state index is 0. The zero-order valence-electron chi connectivity index (χ0n) is 11.1. The van der Waals surface area contributed by atoms with Crippen LogP contribution in [-0.4, -0.2) is 25.8 Å². The molecule has 0 saturated heterocycles. The molecule has 1 aliphatic heterocycles. The highest BCUT2D eigenvalue weighted by Gasteiger charge is 2.12. The smallest absolute Gasteiger partial charge is 0.161 e. The van der Waals surface area contributed by atoms with Crippen LogP contribution in [0.4, 0.5) is 0 Å². The summed E-state index contributed by atoms with van der Waals surface area (Å²) in [4.78, 5) is 0. The lowest BCUT2D eigenvalue weighted by Crippen LogP contribution is -2.28. The van der Waals surface area contributed by atoms with Crippen molar-refractivity contribution in [2.24, 2.45) is 0 Å². The third-order valence-electron chi connectivity index (χ3n) is 2.89. The van der Waals surface area contributed by atoms with E-state index in [1.807, 2.05) is 6.07 Å². The number of fused-ring (bicyclic) bond motifs is 1.